The van der Waals surface area contributed by atoms with Crippen molar-refractivity contribution >= 4 is 47.1 Å². The number of esters is 1. The lowest BCUT2D eigenvalue weighted by atomic mass is 10.0. The number of methoxy groups -OCH3 is 1. The zero-order valence-corrected chi connectivity index (χ0v) is 50.2. The van der Waals surface area contributed by atoms with Crippen molar-refractivity contribution in [3.05, 3.63) is 29.8 Å². The number of nitrogens with one attached hydrogen (secondary N) is 3. The molecule has 0 saturated carbocycles. The van der Waals surface area contributed by atoms with E-state index in [9.17, 15) is 33.6 Å². The lowest BCUT2D eigenvalue weighted by Gasteiger charge is -2.27. The van der Waals surface area contributed by atoms with Crippen LogP contribution in [0.15, 0.2) is 24.3 Å². The minimum absolute atomic E-state index is 0.0466. The number of amides is 6. The third-order valence-corrected chi connectivity index (χ3v) is 12.3. The molecule has 476 valence electrons. The standard InChI is InChI=1S/C57H98N6O20/c1-44(2)53(55(68)60-49(9-7-8-15-58)54(67)59-48-12-10-47(11-13-48)43-83-57(70)45(3)4)61-50(64)42-62(16-19-73-24-27-77-33-34-80-37-38-82-40-39-81-36-35-79-30-29-75-22-21-71-6)51(65)14-18-72-23-26-76-31-32-78-28-25-74-20-17-63-52(66)41-46(5)56(63)69/h10-13,44-46,49,53H,7-9,14-43,58H2,1-6H3,(H,59,67)(H,60,68)(H,61,64)/t46?,49-,53-/m0/s1. The Morgan fingerprint density at radius 3 is 1.53 bits per heavy atom. The normalized spacial score (nSPS) is 14.1. The number of anilines is 1. The van der Waals surface area contributed by atoms with Crippen LogP contribution >= 0.6 is 0 Å². The summed E-state index contributed by atoms with van der Waals surface area (Å²) in [6.07, 6.45) is 1.63. The molecule has 0 aliphatic carbocycles. The Labute approximate surface area is 490 Å². The van der Waals surface area contributed by atoms with E-state index in [1.807, 2.05) is 0 Å². The van der Waals surface area contributed by atoms with Crippen LogP contribution in [0.25, 0.3) is 0 Å². The van der Waals surface area contributed by atoms with Gasteiger partial charge in [-0.15, -0.1) is 0 Å². The van der Waals surface area contributed by atoms with Crippen LogP contribution in [-0.4, -0.2) is 249 Å². The Bertz CT molecular complexity index is 1920. The molecule has 1 fully saturated rings. The van der Waals surface area contributed by atoms with Gasteiger partial charge in [-0.3, -0.25) is 38.5 Å². The number of rotatable bonds is 54. The highest BCUT2D eigenvalue weighted by Crippen LogP contribution is 2.18. The summed E-state index contributed by atoms with van der Waals surface area (Å²) >= 11 is 0. The Hall–Kier alpha value is -4.81. The fourth-order valence-electron chi connectivity index (χ4n) is 7.53. The Balaban J connectivity index is 1.83. The molecule has 26 heteroatoms. The second-order valence-corrected chi connectivity index (χ2v) is 19.9. The lowest BCUT2D eigenvalue weighted by Crippen LogP contribution is -2.56. The monoisotopic (exact) mass is 1190 g/mol. The number of carbonyl (C=O) groups is 7. The summed E-state index contributed by atoms with van der Waals surface area (Å²) in [5.74, 6) is -3.65. The summed E-state index contributed by atoms with van der Waals surface area (Å²) in [5.41, 5.74) is 6.95. The SMILES string of the molecule is COCCOCCOCCOCCOCCOCCOCCOCCN(CC(=O)N[C@H](C(=O)N[C@@H](CCCCN)C(=O)Nc1ccc(COC(=O)C(C)C)cc1)C(C)C)C(=O)CCOCCOCCOCCOCCN1C(=O)CC(C)C1=O. The van der Waals surface area contributed by atoms with Gasteiger partial charge in [0.15, 0.2) is 0 Å². The van der Waals surface area contributed by atoms with Gasteiger partial charge < -0.3 is 88.2 Å². The molecule has 0 aromatic heterocycles. The van der Waals surface area contributed by atoms with Gasteiger partial charge in [0.1, 0.15) is 18.7 Å². The third-order valence-electron chi connectivity index (χ3n) is 12.3. The first kappa shape index (κ1) is 74.3. The average molecular weight is 1190 g/mol. The number of hydrogen-bond acceptors (Lipinski definition) is 21. The van der Waals surface area contributed by atoms with Gasteiger partial charge in [-0.25, -0.2) is 0 Å². The van der Waals surface area contributed by atoms with Gasteiger partial charge >= 0.3 is 5.97 Å². The number of nitrogens with zero attached hydrogens (tertiary/aromatic N) is 2. The molecule has 6 amide bonds. The quantitative estimate of drug-likeness (QED) is 0.0408. The molecule has 1 unspecified atom stereocenters. The second kappa shape index (κ2) is 48.4. The largest absolute Gasteiger partial charge is 0.461 e. The first-order valence-corrected chi connectivity index (χ1v) is 29.0. The molecule has 0 radical (unpaired) electrons. The first-order chi connectivity index (χ1) is 40.2. The first-order valence-electron chi connectivity index (χ1n) is 29.0. The fraction of sp³-hybridized carbons (Fsp3) is 0.772. The zero-order valence-electron chi connectivity index (χ0n) is 50.2. The number of hydrogen-bond donors (Lipinski definition) is 4. The summed E-state index contributed by atoms with van der Waals surface area (Å²) in [4.78, 5) is 93.2. The molecule has 26 nitrogen and oxygen atoms in total. The van der Waals surface area contributed by atoms with Gasteiger partial charge in [-0.05, 0) is 49.4 Å². The Kier molecular flexibility index (Phi) is 43.3. The molecule has 1 aliphatic heterocycles. The van der Waals surface area contributed by atoms with Crippen LogP contribution in [0.2, 0.25) is 0 Å². The van der Waals surface area contributed by atoms with Crippen molar-refractivity contribution in [2.24, 2.45) is 23.5 Å². The maximum absolute atomic E-state index is 13.9. The van der Waals surface area contributed by atoms with Gasteiger partial charge in [0.2, 0.25) is 35.4 Å². The van der Waals surface area contributed by atoms with E-state index in [1.165, 1.54) is 9.80 Å². The molecule has 0 bridgehead atoms. The minimum atomic E-state index is -1.06. The van der Waals surface area contributed by atoms with Crippen molar-refractivity contribution in [3.8, 4) is 0 Å². The Morgan fingerprint density at radius 1 is 0.614 bits per heavy atom. The number of carbonyl (C=O) groups excluding carboxylic acids is 7. The molecule has 1 saturated heterocycles. The van der Waals surface area contributed by atoms with E-state index in [0.29, 0.717) is 131 Å². The lowest BCUT2D eigenvalue weighted by molar-refractivity contribution is -0.148. The molecule has 1 aliphatic rings. The van der Waals surface area contributed by atoms with Crippen molar-refractivity contribution in [1.82, 2.24) is 20.4 Å². The van der Waals surface area contributed by atoms with E-state index in [4.69, 9.17) is 67.3 Å². The third kappa shape index (κ3) is 36.6. The number of likely N-dealkylation sites (tertiary alicyclic amines) is 1. The van der Waals surface area contributed by atoms with Crippen LogP contribution < -0.4 is 21.7 Å². The minimum Gasteiger partial charge on any atom is -0.461 e. The predicted octanol–water partition coefficient (Wildman–Crippen LogP) is 1.52. The van der Waals surface area contributed by atoms with Gasteiger partial charge in [-0.2, -0.15) is 0 Å². The summed E-state index contributed by atoms with van der Waals surface area (Å²) in [6, 6.07) is 4.79. The zero-order chi connectivity index (χ0) is 60.7. The van der Waals surface area contributed by atoms with Crippen LogP contribution in [0, 0.1) is 17.8 Å². The topological polar surface area (TPSA) is 308 Å². The maximum atomic E-state index is 13.9. The highest BCUT2D eigenvalue weighted by atomic mass is 16.6. The highest BCUT2D eigenvalue weighted by molar-refractivity contribution is 6.03. The van der Waals surface area contributed by atoms with E-state index >= 15 is 0 Å². The fourth-order valence-corrected chi connectivity index (χ4v) is 7.53. The predicted molar refractivity (Wildman–Crippen MR) is 304 cm³/mol. The molecule has 1 aromatic carbocycles. The van der Waals surface area contributed by atoms with Crippen LogP contribution in [-0.2, 0) is 102 Å². The molecule has 3 atom stereocenters. The van der Waals surface area contributed by atoms with E-state index in [0.717, 1.165) is 5.56 Å². The molecule has 0 spiro atoms. The highest BCUT2D eigenvalue weighted by Gasteiger charge is 2.35. The van der Waals surface area contributed by atoms with Crippen molar-refractivity contribution in [2.45, 2.75) is 85.4 Å². The Morgan fingerprint density at radius 2 is 1.08 bits per heavy atom. The van der Waals surface area contributed by atoms with Crippen LogP contribution in [0.3, 0.4) is 0 Å². The molecule has 83 heavy (non-hydrogen) atoms. The van der Waals surface area contributed by atoms with Crippen LogP contribution in [0.1, 0.15) is 72.3 Å². The van der Waals surface area contributed by atoms with Crippen LogP contribution in [0.5, 0.6) is 0 Å². The number of unbranched alkanes of at least 4 members (excludes halogenated alkanes) is 1. The van der Waals surface area contributed by atoms with E-state index in [1.54, 1.807) is 66.0 Å². The summed E-state index contributed by atoms with van der Waals surface area (Å²) in [6.45, 7) is 17.0. The number of nitrogens with two attached hydrogens (primary N) is 1. The van der Waals surface area contributed by atoms with Gasteiger partial charge in [0, 0.05) is 31.7 Å². The van der Waals surface area contributed by atoms with Crippen molar-refractivity contribution < 1.29 is 95.1 Å². The van der Waals surface area contributed by atoms with Gasteiger partial charge in [-0.1, -0.05) is 46.8 Å². The summed E-state index contributed by atoms with van der Waals surface area (Å²) in [5, 5.41) is 8.45. The molecular formula is C57H98N6O20. The number of imide groups is 1. The van der Waals surface area contributed by atoms with Crippen molar-refractivity contribution in [2.75, 3.05) is 191 Å². The smallest absolute Gasteiger partial charge is 0.308 e. The van der Waals surface area contributed by atoms with Crippen molar-refractivity contribution in [3.63, 3.8) is 0 Å². The second-order valence-electron chi connectivity index (χ2n) is 19.9. The van der Waals surface area contributed by atoms with Crippen molar-refractivity contribution in [1.29, 1.82) is 0 Å². The maximum Gasteiger partial charge on any atom is 0.308 e. The van der Waals surface area contributed by atoms with Gasteiger partial charge in [0.05, 0.1) is 177 Å². The number of ether oxygens (including phenoxy) is 13. The summed E-state index contributed by atoms with van der Waals surface area (Å²) < 4.78 is 71.2. The van der Waals surface area contributed by atoms with E-state index in [-0.39, 0.29) is 127 Å². The molecule has 1 heterocycles. The van der Waals surface area contributed by atoms with Gasteiger partial charge in [0.25, 0.3) is 0 Å². The van der Waals surface area contributed by atoms with E-state index < -0.39 is 35.7 Å². The summed E-state index contributed by atoms with van der Waals surface area (Å²) in [7, 11) is 1.62. The van der Waals surface area contributed by atoms with E-state index in [2.05, 4.69) is 16.0 Å². The van der Waals surface area contributed by atoms with Crippen LogP contribution in [0.4, 0.5) is 5.69 Å². The number of benzene rings is 1. The molecule has 5 N–H and O–H groups in total. The molecule has 1 aromatic rings. The average Bonchev–Trinajstić information content (AvgIpc) is 4.00. The molecular weight excluding hydrogens is 1090 g/mol. The molecule has 2 rings (SSSR count).